The highest BCUT2D eigenvalue weighted by molar-refractivity contribution is 5.80. The molecule has 158 valence electrons. The van der Waals surface area contributed by atoms with Crippen LogP contribution in [0.2, 0.25) is 0 Å². The molecule has 0 aliphatic carbocycles. The third kappa shape index (κ3) is 3.54. The normalized spacial score (nSPS) is 16.3. The molecule has 1 unspecified atom stereocenters. The number of aryl methyl sites for hydroxylation is 1. The van der Waals surface area contributed by atoms with E-state index in [-0.39, 0.29) is 18.5 Å². The summed E-state index contributed by atoms with van der Waals surface area (Å²) in [5.74, 6) is 0.251. The summed E-state index contributed by atoms with van der Waals surface area (Å²) in [7, 11) is 0. The smallest absolute Gasteiger partial charge is 0.408 e. The van der Waals surface area contributed by atoms with Crippen LogP contribution >= 0.6 is 0 Å². The number of likely N-dealkylation sites (tertiary alicyclic amines) is 1. The van der Waals surface area contributed by atoms with Gasteiger partial charge in [0.05, 0.1) is 18.1 Å². The number of para-hydroxylation sites is 2. The lowest BCUT2D eigenvalue weighted by molar-refractivity contribution is -0.133. The molecule has 1 fully saturated rings. The van der Waals surface area contributed by atoms with Crippen LogP contribution in [0.25, 0.3) is 11.1 Å². The van der Waals surface area contributed by atoms with E-state index in [9.17, 15) is 9.59 Å². The molecule has 0 radical (unpaired) electrons. The minimum atomic E-state index is -0.515. The highest BCUT2D eigenvalue weighted by Gasteiger charge is 2.33. The number of imidazole rings is 1. The Morgan fingerprint density at radius 2 is 2.03 bits per heavy atom. The molecule has 4 aromatic rings. The zero-order valence-corrected chi connectivity index (χ0v) is 17.3. The first-order valence-corrected chi connectivity index (χ1v) is 10.4. The number of amides is 1. The van der Waals surface area contributed by atoms with Crippen molar-refractivity contribution in [3.05, 3.63) is 82.6 Å². The first-order valence-electron chi connectivity index (χ1n) is 10.4. The zero-order chi connectivity index (χ0) is 21.4. The van der Waals surface area contributed by atoms with Gasteiger partial charge in [0.1, 0.15) is 12.4 Å². The number of hydrogen-bond donors (Lipinski definition) is 0. The average Bonchev–Trinajstić information content (AvgIpc) is 3.47. The van der Waals surface area contributed by atoms with Crippen molar-refractivity contribution < 1.29 is 9.21 Å². The highest BCUT2D eigenvalue weighted by atomic mass is 16.4. The van der Waals surface area contributed by atoms with Crippen LogP contribution in [0.15, 0.2) is 64.2 Å². The predicted molar refractivity (Wildman–Crippen MR) is 114 cm³/mol. The van der Waals surface area contributed by atoms with Crippen LogP contribution in [0.5, 0.6) is 0 Å². The zero-order valence-electron chi connectivity index (χ0n) is 17.3. The van der Waals surface area contributed by atoms with Gasteiger partial charge in [0, 0.05) is 30.8 Å². The number of fused-ring (bicyclic) bond motifs is 1. The minimum Gasteiger partial charge on any atom is -0.408 e. The minimum absolute atomic E-state index is 0.0470. The van der Waals surface area contributed by atoms with Crippen LogP contribution in [0.3, 0.4) is 0 Å². The Hall–Kier alpha value is -3.68. The lowest BCUT2D eigenvalue weighted by Crippen LogP contribution is -2.36. The Bertz CT molecular complexity index is 1290. The van der Waals surface area contributed by atoms with Crippen LogP contribution in [0.4, 0.5) is 0 Å². The fourth-order valence-corrected chi connectivity index (χ4v) is 4.35. The molecule has 3 aromatic heterocycles. The van der Waals surface area contributed by atoms with Gasteiger partial charge in [-0.3, -0.25) is 14.3 Å². The molecular weight excluding hydrogens is 394 g/mol. The molecule has 1 saturated heterocycles. The van der Waals surface area contributed by atoms with Gasteiger partial charge in [0.15, 0.2) is 5.58 Å². The number of oxazole rings is 1. The van der Waals surface area contributed by atoms with E-state index in [1.165, 1.54) is 4.57 Å². The number of benzene rings is 1. The molecule has 4 heterocycles. The molecule has 1 aromatic carbocycles. The quantitative estimate of drug-likeness (QED) is 0.498. The number of aromatic nitrogens is 4. The Kier molecular flexibility index (Phi) is 4.89. The molecule has 0 bridgehead atoms. The van der Waals surface area contributed by atoms with Crippen molar-refractivity contribution in [2.45, 2.75) is 38.9 Å². The van der Waals surface area contributed by atoms with E-state index in [1.807, 2.05) is 42.4 Å². The Morgan fingerprint density at radius 3 is 2.87 bits per heavy atom. The van der Waals surface area contributed by atoms with Gasteiger partial charge in [-0.25, -0.2) is 9.78 Å². The van der Waals surface area contributed by atoms with Gasteiger partial charge in [0.25, 0.3) is 0 Å². The highest BCUT2D eigenvalue weighted by Crippen LogP contribution is 2.32. The van der Waals surface area contributed by atoms with Crippen molar-refractivity contribution in [3.8, 4) is 0 Å². The van der Waals surface area contributed by atoms with E-state index in [0.717, 1.165) is 29.9 Å². The van der Waals surface area contributed by atoms with Crippen LogP contribution in [0.1, 0.15) is 36.0 Å². The lowest BCUT2D eigenvalue weighted by atomic mass is 10.2. The first kappa shape index (κ1) is 19.3. The second-order valence-electron chi connectivity index (χ2n) is 7.87. The molecule has 1 atom stereocenters. The van der Waals surface area contributed by atoms with E-state index < -0.39 is 5.76 Å². The second-order valence-corrected chi connectivity index (χ2v) is 7.87. The van der Waals surface area contributed by atoms with Gasteiger partial charge >= 0.3 is 5.76 Å². The average molecular weight is 417 g/mol. The van der Waals surface area contributed by atoms with Gasteiger partial charge in [-0.2, -0.15) is 0 Å². The summed E-state index contributed by atoms with van der Waals surface area (Å²) >= 11 is 0. The standard InChI is InChI=1S/C23H23N5O3/c1-16-12-25-22(27(16)14-17-6-4-10-24-13-17)19-8-5-11-26(19)21(29)15-28-18-7-2-3-9-20(18)31-23(28)30/h2-4,6-7,9-10,12-13,19H,5,8,11,14-15H2,1H3. The summed E-state index contributed by atoms with van der Waals surface area (Å²) in [5, 5.41) is 0. The molecule has 31 heavy (non-hydrogen) atoms. The topological polar surface area (TPSA) is 86.2 Å². The van der Waals surface area contributed by atoms with E-state index in [4.69, 9.17) is 4.42 Å². The molecule has 1 amide bonds. The summed E-state index contributed by atoms with van der Waals surface area (Å²) in [4.78, 5) is 36.2. The van der Waals surface area contributed by atoms with Crippen molar-refractivity contribution >= 4 is 17.0 Å². The maximum Gasteiger partial charge on any atom is 0.420 e. The first-order chi connectivity index (χ1) is 15.1. The number of carbonyl (C=O) groups excluding carboxylic acids is 1. The molecule has 0 N–H and O–H groups in total. The fraction of sp³-hybridized carbons (Fsp3) is 0.304. The maximum absolute atomic E-state index is 13.2. The Morgan fingerprint density at radius 1 is 1.16 bits per heavy atom. The van der Waals surface area contributed by atoms with Crippen LogP contribution in [-0.2, 0) is 17.9 Å². The lowest BCUT2D eigenvalue weighted by Gasteiger charge is -2.25. The van der Waals surface area contributed by atoms with Crippen molar-refractivity contribution in [1.29, 1.82) is 0 Å². The third-order valence-corrected chi connectivity index (χ3v) is 5.89. The monoisotopic (exact) mass is 417 g/mol. The van der Waals surface area contributed by atoms with Crippen molar-refractivity contribution in [2.24, 2.45) is 0 Å². The van der Waals surface area contributed by atoms with E-state index in [2.05, 4.69) is 14.5 Å². The number of nitrogens with zero attached hydrogens (tertiary/aromatic N) is 5. The summed E-state index contributed by atoms with van der Waals surface area (Å²) in [6.07, 6.45) is 7.19. The fourth-order valence-electron chi connectivity index (χ4n) is 4.35. The predicted octanol–water partition coefficient (Wildman–Crippen LogP) is 2.91. The largest absolute Gasteiger partial charge is 0.420 e. The van der Waals surface area contributed by atoms with E-state index in [1.54, 1.807) is 24.4 Å². The van der Waals surface area contributed by atoms with Crippen molar-refractivity contribution in [3.63, 3.8) is 0 Å². The molecule has 5 rings (SSSR count). The van der Waals surface area contributed by atoms with Crippen molar-refractivity contribution in [1.82, 2.24) is 24.0 Å². The maximum atomic E-state index is 13.2. The van der Waals surface area contributed by atoms with Gasteiger partial charge in [-0.1, -0.05) is 18.2 Å². The Labute approximate surface area is 178 Å². The number of pyridine rings is 1. The summed E-state index contributed by atoms with van der Waals surface area (Å²) < 4.78 is 8.83. The summed E-state index contributed by atoms with van der Waals surface area (Å²) in [5.41, 5.74) is 3.23. The molecule has 8 heteroatoms. The molecule has 1 aliphatic rings. The summed E-state index contributed by atoms with van der Waals surface area (Å²) in [6, 6.07) is 11.0. The van der Waals surface area contributed by atoms with Crippen LogP contribution in [-0.4, -0.2) is 36.5 Å². The van der Waals surface area contributed by atoms with Crippen molar-refractivity contribution in [2.75, 3.05) is 6.54 Å². The molecular formula is C23H23N5O3. The van der Waals surface area contributed by atoms with Crippen LogP contribution in [0, 0.1) is 6.92 Å². The van der Waals surface area contributed by atoms with E-state index in [0.29, 0.717) is 24.2 Å². The Balaban J connectivity index is 1.42. The molecule has 8 nitrogen and oxygen atoms in total. The van der Waals surface area contributed by atoms with Crippen LogP contribution < -0.4 is 5.76 Å². The molecule has 0 saturated carbocycles. The van der Waals surface area contributed by atoms with Gasteiger partial charge in [0.2, 0.25) is 5.91 Å². The van der Waals surface area contributed by atoms with Gasteiger partial charge in [-0.15, -0.1) is 0 Å². The molecule has 0 spiro atoms. The van der Waals surface area contributed by atoms with E-state index >= 15 is 0 Å². The number of carbonyl (C=O) groups is 1. The molecule has 1 aliphatic heterocycles. The number of rotatable bonds is 5. The van der Waals surface area contributed by atoms with Gasteiger partial charge in [-0.05, 0) is 43.5 Å². The second kappa shape index (κ2) is 7.86. The number of hydrogen-bond acceptors (Lipinski definition) is 5. The SMILES string of the molecule is Cc1cnc(C2CCCN2C(=O)Cn2c(=O)oc3ccccc32)n1Cc1cccnc1. The summed E-state index contributed by atoms with van der Waals surface area (Å²) in [6.45, 7) is 3.27. The van der Waals surface area contributed by atoms with Gasteiger partial charge < -0.3 is 13.9 Å². The third-order valence-electron chi connectivity index (χ3n) is 5.89.